The Labute approximate surface area is 72.0 Å². The Morgan fingerprint density at radius 1 is 1.67 bits per heavy atom. The van der Waals surface area contributed by atoms with Gasteiger partial charge in [0, 0.05) is 6.04 Å². The van der Waals surface area contributed by atoms with Crippen LogP contribution in [-0.4, -0.2) is 31.3 Å². The lowest BCUT2D eigenvalue weighted by Crippen LogP contribution is -2.39. The molecule has 1 aliphatic rings. The maximum Gasteiger partial charge on any atom is 0.335 e. The third-order valence-electron chi connectivity index (χ3n) is 1.86. The molecule has 0 bridgehead atoms. The Hall–Kier alpha value is -0.610. The SMILES string of the molecule is CCOC(=O)[C@@H]1CC[C@@H](N)CO1. The lowest BCUT2D eigenvalue weighted by atomic mass is 10.1. The lowest BCUT2D eigenvalue weighted by Gasteiger charge is -2.24. The number of carbonyl (C=O) groups is 1. The molecule has 12 heavy (non-hydrogen) atoms. The molecule has 0 unspecified atom stereocenters. The van der Waals surface area contributed by atoms with Crippen LogP contribution in [0.5, 0.6) is 0 Å². The van der Waals surface area contributed by atoms with Crippen LogP contribution in [0.1, 0.15) is 19.8 Å². The number of esters is 1. The molecule has 0 saturated carbocycles. The first-order valence-electron chi connectivity index (χ1n) is 4.28. The van der Waals surface area contributed by atoms with E-state index in [9.17, 15) is 4.79 Å². The van der Waals surface area contributed by atoms with Crippen LogP contribution in [0.4, 0.5) is 0 Å². The first-order valence-corrected chi connectivity index (χ1v) is 4.28. The quantitative estimate of drug-likeness (QED) is 0.600. The van der Waals surface area contributed by atoms with Gasteiger partial charge in [0.1, 0.15) is 0 Å². The van der Waals surface area contributed by atoms with Crippen LogP contribution in [0.15, 0.2) is 0 Å². The summed E-state index contributed by atoms with van der Waals surface area (Å²) in [4.78, 5) is 11.1. The molecule has 0 aliphatic carbocycles. The molecule has 1 saturated heterocycles. The number of hydrogen-bond donors (Lipinski definition) is 1. The Bertz CT molecular complexity index is 152. The van der Waals surface area contributed by atoms with Gasteiger partial charge in [-0.15, -0.1) is 0 Å². The Kier molecular flexibility index (Phi) is 3.49. The highest BCUT2D eigenvalue weighted by Crippen LogP contribution is 2.13. The summed E-state index contributed by atoms with van der Waals surface area (Å²) < 4.78 is 10.0. The fourth-order valence-corrected chi connectivity index (χ4v) is 1.19. The molecule has 0 aromatic carbocycles. The zero-order valence-electron chi connectivity index (χ0n) is 7.29. The van der Waals surface area contributed by atoms with Crippen molar-refractivity contribution in [3.63, 3.8) is 0 Å². The van der Waals surface area contributed by atoms with Gasteiger partial charge in [-0.3, -0.25) is 0 Å². The predicted molar refractivity (Wildman–Crippen MR) is 43.6 cm³/mol. The van der Waals surface area contributed by atoms with Gasteiger partial charge in [-0.25, -0.2) is 4.79 Å². The Morgan fingerprint density at radius 3 is 2.92 bits per heavy atom. The van der Waals surface area contributed by atoms with Crippen molar-refractivity contribution in [1.29, 1.82) is 0 Å². The van der Waals surface area contributed by atoms with Gasteiger partial charge in [0.05, 0.1) is 13.2 Å². The summed E-state index contributed by atoms with van der Waals surface area (Å²) in [5, 5.41) is 0. The van der Waals surface area contributed by atoms with Crippen LogP contribution >= 0.6 is 0 Å². The molecule has 1 rings (SSSR count). The fourth-order valence-electron chi connectivity index (χ4n) is 1.19. The third kappa shape index (κ3) is 2.46. The molecule has 0 amide bonds. The summed E-state index contributed by atoms with van der Waals surface area (Å²) in [6.07, 6.45) is 1.13. The minimum absolute atomic E-state index is 0.0793. The van der Waals surface area contributed by atoms with Crippen molar-refractivity contribution in [3.05, 3.63) is 0 Å². The average molecular weight is 173 g/mol. The Balaban J connectivity index is 2.29. The minimum atomic E-state index is -0.384. The van der Waals surface area contributed by atoms with Gasteiger partial charge in [0.2, 0.25) is 0 Å². The molecule has 2 N–H and O–H groups in total. The van der Waals surface area contributed by atoms with Crippen molar-refractivity contribution in [2.45, 2.75) is 31.9 Å². The normalized spacial score (nSPS) is 29.8. The van der Waals surface area contributed by atoms with Crippen molar-refractivity contribution < 1.29 is 14.3 Å². The van der Waals surface area contributed by atoms with Gasteiger partial charge in [0.15, 0.2) is 6.10 Å². The second kappa shape index (κ2) is 4.42. The van der Waals surface area contributed by atoms with E-state index in [1.165, 1.54) is 0 Å². The molecule has 1 heterocycles. The van der Waals surface area contributed by atoms with Crippen molar-refractivity contribution in [1.82, 2.24) is 0 Å². The monoisotopic (exact) mass is 173 g/mol. The number of ether oxygens (including phenoxy) is 2. The first kappa shape index (κ1) is 9.48. The maximum absolute atomic E-state index is 11.1. The van der Waals surface area contributed by atoms with Gasteiger partial charge >= 0.3 is 5.97 Å². The molecule has 0 aromatic heterocycles. The molecule has 70 valence electrons. The van der Waals surface area contributed by atoms with Gasteiger partial charge in [-0.05, 0) is 19.8 Å². The van der Waals surface area contributed by atoms with E-state index in [2.05, 4.69) is 0 Å². The highest BCUT2D eigenvalue weighted by molar-refractivity contribution is 5.74. The summed E-state index contributed by atoms with van der Waals surface area (Å²) in [6.45, 7) is 2.65. The summed E-state index contributed by atoms with van der Waals surface area (Å²) in [5.74, 6) is -0.260. The zero-order valence-corrected chi connectivity index (χ0v) is 7.29. The molecule has 0 spiro atoms. The Morgan fingerprint density at radius 2 is 2.42 bits per heavy atom. The van der Waals surface area contributed by atoms with E-state index >= 15 is 0 Å². The largest absolute Gasteiger partial charge is 0.464 e. The van der Waals surface area contributed by atoms with Crippen LogP contribution in [0.2, 0.25) is 0 Å². The van der Waals surface area contributed by atoms with E-state index in [0.717, 1.165) is 6.42 Å². The molecule has 1 aliphatic heterocycles. The van der Waals surface area contributed by atoms with E-state index in [1.807, 2.05) is 0 Å². The van der Waals surface area contributed by atoms with Crippen LogP contribution < -0.4 is 5.73 Å². The van der Waals surface area contributed by atoms with E-state index in [-0.39, 0.29) is 18.1 Å². The number of carbonyl (C=O) groups excluding carboxylic acids is 1. The van der Waals surface area contributed by atoms with E-state index < -0.39 is 0 Å². The number of rotatable bonds is 2. The second-order valence-electron chi connectivity index (χ2n) is 2.91. The van der Waals surface area contributed by atoms with E-state index in [0.29, 0.717) is 19.6 Å². The van der Waals surface area contributed by atoms with Gasteiger partial charge in [-0.2, -0.15) is 0 Å². The minimum Gasteiger partial charge on any atom is -0.464 e. The average Bonchev–Trinajstić information content (AvgIpc) is 2.06. The molecular formula is C8H15NO3. The third-order valence-corrected chi connectivity index (χ3v) is 1.86. The first-order chi connectivity index (χ1) is 5.74. The van der Waals surface area contributed by atoms with E-state index in [4.69, 9.17) is 15.2 Å². The topological polar surface area (TPSA) is 61.5 Å². The summed E-state index contributed by atoms with van der Waals surface area (Å²) in [6, 6.07) is 0.0793. The predicted octanol–water partition coefficient (Wildman–Crippen LogP) is 0.0558. The second-order valence-corrected chi connectivity index (χ2v) is 2.91. The molecule has 1 fully saturated rings. The smallest absolute Gasteiger partial charge is 0.335 e. The zero-order chi connectivity index (χ0) is 8.97. The highest BCUT2D eigenvalue weighted by atomic mass is 16.6. The van der Waals surface area contributed by atoms with Gasteiger partial charge in [-0.1, -0.05) is 0 Å². The van der Waals surface area contributed by atoms with Crippen LogP contribution in [0.3, 0.4) is 0 Å². The van der Waals surface area contributed by atoms with Gasteiger partial charge < -0.3 is 15.2 Å². The summed E-state index contributed by atoms with van der Waals surface area (Å²) in [7, 11) is 0. The molecule has 4 heteroatoms. The lowest BCUT2D eigenvalue weighted by molar-refractivity contribution is -0.159. The van der Waals surface area contributed by atoms with Crippen LogP contribution in [0.25, 0.3) is 0 Å². The van der Waals surface area contributed by atoms with Crippen LogP contribution in [-0.2, 0) is 14.3 Å². The molecule has 0 radical (unpaired) electrons. The molecule has 2 atom stereocenters. The number of nitrogens with two attached hydrogens (primary N) is 1. The van der Waals surface area contributed by atoms with Crippen molar-refractivity contribution in [2.24, 2.45) is 5.73 Å². The molecule has 4 nitrogen and oxygen atoms in total. The summed E-state index contributed by atoms with van der Waals surface area (Å²) >= 11 is 0. The standard InChI is InChI=1S/C8H15NO3/c1-2-11-8(10)7-4-3-6(9)5-12-7/h6-7H,2-5,9H2,1H3/t6-,7+/m1/s1. The van der Waals surface area contributed by atoms with Crippen molar-refractivity contribution >= 4 is 5.97 Å². The number of hydrogen-bond acceptors (Lipinski definition) is 4. The summed E-state index contributed by atoms with van der Waals surface area (Å²) in [5.41, 5.74) is 5.59. The fraction of sp³-hybridized carbons (Fsp3) is 0.875. The van der Waals surface area contributed by atoms with E-state index in [1.54, 1.807) is 6.92 Å². The maximum atomic E-state index is 11.1. The highest BCUT2D eigenvalue weighted by Gasteiger charge is 2.25. The van der Waals surface area contributed by atoms with Crippen molar-refractivity contribution in [3.8, 4) is 0 Å². The molecular weight excluding hydrogens is 158 g/mol. The van der Waals surface area contributed by atoms with Crippen molar-refractivity contribution in [2.75, 3.05) is 13.2 Å². The van der Waals surface area contributed by atoms with Crippen LogP contribution in [0, 0.1) is 0 Å². The van der Waals surface area contributed by atoms with Gasteiger partial charge in [0.25, 0.3) is 0 Å². The molecule has 0 aromatic rings.